The van der Waals surface area contributed by atoms with Crippen LogP contribution in [0.5, 0.6) is 0 Å². The molecule has 12 heteroatoms. The number of epoxide rings is 1. The van der Waals surface area contributed by atoms with Crippen LogP contribution in [-0.4, -0.2) is 82.3 Å². The SMILES string of the molecule is CC(=O)O[C@@H]1[C@H]2[C@](C)(O)[C@H](OC(C)=O)C=C[C@]2(C)[C@@H](OC(C)=O)[C@H](OC(C)=O)C/C(C)=C\[C@@H]2OC(=O)[C@]3(C)O[C@@]213. The molecule has 2 fully saturated rings. The summed E-state index contributed by atoms with van der Waals surface area (Å²) < 4.78 is 34.7. The van der Waals surface area contributed by atoms with Gasteiger partial charge in [0.25, 0.3) is 0 Å². The summed E-state index contributed by atoms with van der Waals surface area (Å²) in [5.74, 6) is -4.71. The lowest BCUT2D eigenvalue weighted by Crippen LogP contribution is -2.68. The number of carbonyl (C=O) groups excluding carboxylic acids is 5. The quantitative estimate of drug-likeness (QED) is 0.227. The topological polar surface area (TPSA) is 164 Å². The molecule has 40 heavy (non-hydrogen) atoms. The van der Waals surface area contributed by atoms with Gasteiger partial charge in [0.1, 0.15) is 30.0 Å². The maximum atomic E-state index is 13.1. The molecule has 0 aromatic carbocycles. The first kappa shape index (κ1) is 29.7. The highest BCUT2D eigenvalue weighted by Gasteiger charge is 2.88. The van der Waals surface area contributed by atoms with Gasteiger partial charge in [0.2, 0.25) is 0 Å². The molecule has 4 rings (SSSR count). The van der Waals surface area contributed by atoms with Gasteiger partial charge in [-0.1, -0.05) is 18.6 Å². The number of carbonyl (C=O) groups is 5. The summed E-state index contributed by atoms with van der Waals surface area (Å²) in [6, 6.07) is 0. The van der Waals surface area contributed by atoms with Crippen molar-refractivity contribution in [2.75, 3.05) is 0 Å². The van der Waals surface area contributed by atoms with E-state index in [1.807, 2.05) is 0 Å². The van der Waals surface area contributed by atoms with E-state index in [1.165, 1.54) is 47.6 Å². The first-order valence-electron chi connectivity index (χ1n) is 13.1. The van der Waals surface area contributed by atoms with Crippen LogP contribution in [-0.2, 0) is 52.4 Å². The number of ether oxygens (including phenoxy) is 6. The Morgan fingerprint density at radius 2 is 1.45 bits per heavy atom. The fourth-order valence-electron chi connectivity index (χ4n) is 6.88. The molecule has 0 aromatic rings. The molecule has 0 unspecified atom stereocenters. The molecular weight excluding hydrogens is 528 g/mol. The van der Waals surface area contributed by atoms with E-state index >= 15 is 0 Å². The van der Waals surface area contributed by atoms with Gasteiger partial charge in [0.15, 0.2) is 17.3 Å². The van der Waals surface area contributed by atoms with Crippen molar-refractivity contribution < 1.29 is 57.5 Å². The van der Waals surface area contributed by atoms with Crippen molar-refractivity contribution >= 4 is 29.8 Å². The van der Waals surface area contributed by atoms with E-state index in [2.05, 4.69) is 0 Å². The Balaban J connectivity index is 2.06. The van der Waals surface area contributed by atoms with Crippen molar-refractivity contribution in [3.8, 4) is 0 Å². The first-order valence-corrected chi connectivity index (χ1v) is 13.1. The van der Waals surface area contributed by atoms with E-state index in [0.717, 1.165) is 0 Å². The second-order valence-corrected chi connectivity index (χ2v) is 11.6. The van der Waals surface area contributed by atoms with E-state index in [9.17, 15) is 29.1 Å². The molecule has 1 spiro atoms. The molecule has 0 amide bonds. The second kappa shape index (κ2) is 9.69. The van der Waals surface area contributed by atoms with Gasteiger partial charge in [-0.15, -0.1) is 0 Å². The van der Waals surface area contributed by atoms with Gasteiger partial charge >= 0.3 is 29.8 Å². The summed E-state index contributed by atoms with van der Waals surface area (Å²) in [5.41, 5.74) is -5.93. The predicted octanol–water partition coefficient (Wildman–Crippen LogP) is 1.46. The minimum atomic E-state index is -2.00. The van der Waals surface area contributed by atoms with Crippen molar-refractivity contribution in [2.24, 2.45) is 11.3 Å². The molecule has 0 aromatic heterocycles. The summed E-state index contributed by atoms with van der Waals surface area (Å²) in [7, 11) is 0. The molecule has 2 aliphatic carbocycles. The fourth-order valence-corrected chi connectivity index (χ4v) is 6.88. The van der Waals surface area contributed by atoms with Crippen molar-refractivity contribution in [3.63, 3.8) is 0 Å². The lowest BCUT2D eigenvalue weighted by molar-refractivity contribution is -0.227. The number of rotatable bonds is 4. The van der Waals surface area contributed by atoms with Crippen LogP contribution in [0.1, 0.15) is 61.8 Å². The molecular formula is C28H36O12. The second-order valence-electron chi connectivity index (χ2n) is 11.6. The van der Waals surface area contributed by atoms with Crippen LogP contribution in [0, 0.1) is 11.3 Å². The normalized spacial score (nSPS) is 44.8. The van der Waals surface area contributed by atoms with Gasteiger partial charge in [0, 0.05) is 45.4 Å². The van der Waals surface area contributed by atoms with Gasteiger partial charge in [-0.2, -0.15) is 0 Å². The molecule has 0 radical (unpaired) electrons. The highest BCUT2D eigenvalue weighted by atomic mass is 16.7. The lowest BCUT2D eigenvalue weighted by atomic mass is 9.55. The van der Waals surface area contributed by atoms with Crippen LogP contribution < -0.4 is 0 Å². The van der Waals surface area contributed by atoms with Crippen LogP contribution in [0.3, 0.4) is 0 Å². The maximum absolute atomic E-state index is 13.1. The Hall–Kier alpha value is -3.25. The van der Waals surface area contributed by atoms with Gasteiger partial charge in [-0.3, -0.25) is 19.2 Å². The highest BCUT2D eigenvalue weighted by Crippen LogP contribution is 2.65. The third-order valence-electron chi connectivity index (χ3n) is 8.46. The van der Waals surface area contributed by atoms with Gasteiger partial charge < -0.3 is 33.5 Å². The average Bonchev–Trinajstić information content (AvgIpc) is 3.38. The molecule has 4 aliphatic rings. The standard InChI is InChI=1S/C28H36O12/c1-13-11-18(35-14(2)29)22(37-16(4)31)25(6)10-9-19(36-15(3)30)26(7,34)21(25)23(38-17(5)32)28-20(12-13)39-24(33)27(28,8)40-28/h9-10,12,18-23,34H,11H2,1-8H3/b13-12-/t18-,19-,20+,21-,22+,23-,25+,26-,27+,28+/m1/s1. The zero-order valence-electron chi connectivity index (χ0n) is 23.8. The van der Waals surface area contributed by atoms with Crippen LogP contribution in [0.4, 0.5) is 0 Å². The molecule has 2 aliphatic heterocycles. The third-order valence-corrected chi connectivity index (χ3v) is 8.46. The van der Waals surface area contributed by atoms with Crippen molar-refractivity contribution in [1.29, 1.82) is 0 Å². The van der Waals surface area contributed by atoms with E-state index in [4.69, 9.17) is 28.4 Å². The Morgan fingerprint density at radius 3 is 1.98 bits per heavy atom. The van der Waals surface area contributed by atoms with Gasteiger partial charge in [0.05, 0.1) is 0 Å². The van der Waals surface area contributed by atoms with Crippen LogP contribution in [0.2, 0.25) is 0 Å². The zero-order chi connectivity index (χ0) is 30.0. The Kier molecular flexibility index (Phi) is 7.20. The Labute approximate surface area is 231 Å². The smallest absolute Gasteiger partial charge is 0.342 e. The van der Waals surface area contributed by atoms with E-state index in [1.54, 1.807) is 26.0 Å². The number of hydrogen-bond acceptors (Lipinski definition) is 12. The summed E-state index contributed by atoms with van der Waals surface area (Å²) >= 11 is 0. The summed E-state index contributed by atoms with van der Waals surface area (Å²) in [4.78, 5) is 62.4. The van der Waals surface area contributed by atoms with E-state index in [0.29, 0.717) is 5.57 Å². The Bertz CT molecular complexity index is 1200. The first-order chi connectivity index (χ1) is 18.4. The third kappa shape index (κ3) is 4.50. The maximum Gasteiger partial charge on any atom is 0.342 e. The summed E-state index contributed by atoms with van der Waals surface area (Å²) in [5, 5.41) is 12.2. The van der Waals surface area contributed by atoms with Crippen LogP contribution in [0.15, 0.2) is 23.8 Å². The molecule has 0 bridgehead atoms. The minimum absolute atomic E-state index is 0.0717. The number of hydrogen-bond donors (Lipinski definition) is 1. The molecule has 2 heterocycles. The summed E-state index contributed by atoms with van der Waals surface area (Å²) in [6.45, 7) is 11.0. The van der Waals surface area contributed by atoms with Crippen LogP contribution >= 0.6 is 0 Å². The van der Waals surface area contributed by atoms with E-state index in [-0.39, 0.29) is 6.42 Å². The van der Waals surface area contributed by atoms with Crippen molar-refractivity contribution in [2.45, 2.75) is 109 Å². The average molecular weight is 565 g/mol. The monoisotopic (exact) mass is 564 g/mol. The number of esters is 5. The Morgan fingerprint density at radius 1 is 0.900 bits per heavy atom. The van der Waals surface area contributed by atoms with Gasteiger partial charge in [-0.05, 0) is 32.9 Å². The van der Waals surface area contributed by atoms with Gasteiger partial charge in [-0.25, -0.2) is 4.79 Å². The molecule has 2 saturated heterocycles. The molecule has 1 N–H and O–H groups in total. The predicted molar refractivity (Wildman–Crippen MR) is 134 cm³/mol. The van der Waals surface area contributed by atoms with Crippen LogP contribution in [0.25, 0.3) is 0 Å². The van der Waals surface area contributed by atoms with Crippen molar-refractivity contribution in [3.05, 3.63) is 23.8 Å². The largest absolute Gasteiger partial charge is 0.459 e. The minimum Gasteiger partial charge on any atom is -0.459 e. The zero-order valence-corrected chi connectivity index (χ0v) is 23.8. The van der Waals surface area contributed by atoms with Crippen molar-refractivity contribution in [1.82, 2.24) is 0 Å². The fraction of sp³-hybridized carbons (Fsp3) is 0.679. The lowest BCUT2D eigenvalue weighted by Gasteiger charge is -2.55. The molecule has 0 saturated carbocycles. The molecule has 220 valence electrons. The molecule has 12 nitrogen and oxygen atoms in total. The summed E-state index contributed by atoms with van der Waals surface area (Å²) in [6.07, 6.45) is -1.23. The molecule has 10 atom stereocenters. The number of aliphatic hydroxyl groups is 1. The highest BCUT2D eigenvalue weighted by molar-refractivity contribution is 5.89. The van der Waals surface area contributed by atoms with E-state index < -0.39 is 88.5 Å². The number of fused-ring (bicyclic) bond motifs is 1.